The molecule has 1 fully saturated rings. The van der Waals surface area contributed by atoms with Gasteiger partial charge in [0.1, 0.15) is 5.00 Å². The van der Waals surface area contributed by atoms with Gasteiger partial charge in [-0.05, 0) is 45.6 Å². The Kier molecular flexibility index (Phi) is 5.79. The maximum atomic E-state index is 12.6. The minimum absolute atomic E-state index is 0.0577. The summed E-state index contributed by atoms with van der Waals surface area (Å²) in [4.78, 5) is 28.7. The van der Waals surface area contributed by atoms with E-state index in [1.807, 2.05) is 6.92 Å². The van der Waals surface area contributed by atoms with E-state index in [0.717, 1.165) is 50.8 Å². The lowest BCUT2D eigenvalue weighted by atomic mass is 10.0. The van der Waals surface area contributed by atoms with Crippen molar-refractivity contribution in [3.63, 3.8) is 0 Å². The summed E-state index contributed by atoms with van der Waals surface area (Å²) < 4.78 is 5.28. The Hall–Kier alpha value is -1.40. The van der Waals surface area contributed by atoms with Crippen molar-refractivity contribution in [1.82, 2.24) is 4.90 Å². The summed E-state index contributed by atoms with van der Waals surface area (Å²) in [6.07, 6.45) is 4.97. The number of hydrogen-bond acceptors (Lipinski definition) is 5. The van der Waals surface area contributed by atoms with E-state index in [4.69, 9.17) is 4.74 Å². The lowest BCUT2D eigenvalue weighted by Crippen LogP contribution is -2.35. The molecule has 1 aliphatic carbocycles. The molecule has 2 aliphatic rings. The zero-order chi connectivity index (χ0) is 18.0. The number of fused-ring (bicyclic) bond motifs is 1. The van der Waals surface area contributed by atoms with Gasteiger partial charge in [-0.25, -0.2) is 4.79 Å². The Morgan fingerprint density at radius 2 is 2.04 bits per heavy atom. The maximum absolute atomic E-state index is 12.6. The Bertz CT molecular complexity index is 647. The summed E-state index contributed by atoms with van der Waals surface area (Å²) in [5, 5.41) is 3.74. The largest absolute Gasteiger partial charge is 0.462 e. The second kappa shape index (κ2) is 7.87. The van der Waals surface area contributed by atoms with Crippen molar-refractivity contribution in [1.29, 1.82) is 0 Å². The van der Waals surface area contributed by atoms with Crippen molar-refractivity contribution in [2.24, 2.45) is 5.92 Å². The van der Waals surface area contributed by atoms with Crippen molar-refractivity contribution in [2.45, 2.75) is 65.5 Å². The first-order valence-electron chi connectivity index (χ1n) is 9.37. The molecule has 0 radical (unpaired) electrons. The van der Waals surface area contributed by atoms with Gasteiger partial charge in [0.05, 0.1) is 12.2 Å². The highest BCUT2D eigenvalue weighted by Gasteiger charge is 2.31. The van der Waals surface area contributed by atoms with Crippen molar-refractivity contribution >= 4 is 28.2 Å². The first-order valence-corrected chi connectivity index (χ1v) is 10.2. The minimum atomic E-state index is -0.306. The monoisotopic (exact) mass is 364 g/mol. The van der Waals surface area contributed by atoms with Gasteiger partial charge >= 0.3 is 5.97 Å². The topological polar surface area (TPSA) is 58.6 Å². The van der Waals surface area contributed by atoms with Gasteiger partial charge in [0, 0.05) is 29.9 Å². The number of rotatable bonds is 5. The summed E-state index contributed by atoms with van der Waals surface area (Å²) in [6, 6.07) is 0.470. The normalized spacial score (nSPS) is 18.4. The van der Waals surface area contributed by atoms with Crippen LogP contribution >= 0.6 is 11.3 Å². The number of nitrogens with one attached hydrogen (secondary N) is 1. The van der Waals surface area contributed by atoms with Crippen LogP contribution in [0, 0.1) is 5.92 Å². The molecular formula is C19H28N2O3S. The number of thiophene rings is 1. The highest BCUT2D eigenvalue weighted by Crippen LogP contribution is 2.39. The summed E-state index contributed by atoms with van der Waals surface area (Å²) in [7, 11) is 0. The third kappa shape index (κ3) is 3.90. The van der Waals surface area contributed by atoms with E-state index in [1.54, 1.807) is 11.3 Å². The quantitative estimate of drug-likeness (QED) is 0.807. The van der Waals surface area contributed by atoms with Gasteiger partial charge in [-0.1, -0.05) is 12.8 Å². The van der Waals surface area contributed by atoms with Crippen LogP contribution in [0.5, 0.6) is 0 Å². The molecule has 5 nitrogen and oxygen atoms in total. The first-order chi connectivity index (χ1) is 12.0. The van der Waals surface area contributed by atoms with Gasteiger partial charge in [0.25, 0.3) is 0 Å². The fraction of sp³-hybridized carbons (Fsp3) is 0.684. The smallest absolute Gasteiger partial charge is 0.341 e. The van der Waals surface area contributed by atoms with Crippen molar-refractivity contribution in [3.8, 4) is 0 Å². The van der Waals surface area contributed by atoms with Crippen LogP contribution in [0.15, 0.2) is 0 Å². The average molecular weight is 365 g/mol. The second-order valence-electron chi connectivity index (χ2n) is 7.21. The maximum Gasteiger partial charge on any atom is 0.341 e. The van der Waals surface area contributed by atoms with Crippen LogP contribution in [0.1, 0.15) is 67.3 Å². The highest BCUT2D eigenvalue weighted by molar-refractivity contribution is 7.17. The molecule has 1 aliphatic heterocycles. The molecule has 25 heavy (non-hydrogen) atoms. The van der Waals surface area contributed by atoms with Crippen LogP contribution in [-0.4, -0.2) is 36.0 Å². The predicted molar refractivity (Wildman–Crippen MR) is 100 cm³/mol. The molecule has 0 atom stereocenters. The van der Waals surface area contributed by atoms with E-state index in [0.29, 0.717) is 23.2 Å². The Balaban J connectivity index is 1.88. The zero-order valence-electron chi connectivity index (χ0n) is 15.4. The SMILES string of the molecule is CCOC(=O)c1c(NC(=O)C2CCCC2)sc2c1CCN(C(C)C)C2. The van der Waals surface area contributed by atoms with Crippen LogP contribution in [0.4, 0.5) is 5.00 Å². The van der Waals surface area contributed by atoms with Crippen LogP contribution in [0.2, 0.25) is 0 Å². The lowest BCUT2D eigenvalue weighted by Gasteiger charge is -2.30. The Morgan fingerprint density at radius 3 is 2.68 bits per heavy atom. The van der Waals surface area contributed by atoms with Crippen LogP contribution in [-0.2, 0) is 22.5 Å². The number of anilines is 1. The predicted octanol–water partition coefficient (Wildman–Crippen LogP) is 3.82. The zero-order valence-corrected chi connectivity index (χ0v) is 16.2. The lowest BCUT2D eigenvalue weighted by molar-refractivity contribution is -0.119. The molecule has 1 aromatic heterocycles. The molecule has 0 aromatic carbocycles. The molecule has 1 amide bonds. The Morgan fingerprint density at radius 1 is 1.32 bits per heavy atom. The molecule has 1 aromatic rings. The highest BCUT2D eigenvalue weighted by atomic mass is 32.1. The van der Waals surface area contributed by atoms with Crippen LogP contribution in [0.3, 0.4) is 0 Å². The van der Waals surface area contributed by atoms with Crippen molar-refractivity contribution < 1.29 is 14.3 Å². The number of amides is 1. The van der Waals surface area contributed by atoms with E-state index < -0.39 is 0 Å². The number of nitrogens with zero attached hydrogens (tertiary/aromatic N) is 1. The number of esters is 1. The molecule has 138 valence electrons. The first kappa shape index (κ1) is 18.4. The van der Waals surface area contributed by atoms with E-state index in [1.165, 1.54) is 4.88 Å². The fourth-order valence-electron chi connectivity index (χ4n) is 3.77. The van der Waals surface area contributed by atoms with E-state index in [-0.39, 0.29) is 17.8 Å². The third-order valence-corrected chi connectivity index (χ3v) is 6.39. The molecule has 0 spiro atoms. The average Bonchev–Trinajstić information content (AvgIpc) is 3.21. The van der Waals surface area contributed by atoms with Gasteiger partial charge in [0.2, 0.25) is 5.91 Å². The summed E-state index contributed by atoms with van der Waals surface area (Å²) in [6.45, 7) is 8.31. The standard InChI is InChI=1S/C19H28N2O3S/c1-4-24-19(23)16-14-9-10-21(12(2)3)11-15(14)25-18(16)20-17(22)13-7-5-6-8-13/h12-13H,4-11H2,1-3H3,(H,20,22). The van der Waals surface area contributed by atoms with Gasteiger partial charge in [-0.3, -0.25) is 9.69 Å². The molecule has 0 unspecified atom stereocenters. The second-order valence-corrected chi connectivity index (χ2v) is 8.32. The fourth-order valence-corrected chi connectivity index (χ4v) is 5.04. The van der Waals surface area contributed by atoms with Gasteiger partial charge in [-0.2, -0.15) is 0 Å². The molecule has 1 saturated carbocycles. The van der Waals surface area contributed by atoms with Crippen molar-refractivity contribution in [3.05, 3.63) is 16.0 Å². The van der Waals surface area contributed by atoms with Crippen LogP contribution in [0.25, 0.3) is 0 Å². The molecule has 2 heterocycles. The number of hydrogen-bond donors (Lipinski definition) is 1. The number of carbonyl (C=O) groups is 2. The minimum Gasteiger partial charge on any atom is -0.462 e. The van der Waals surface area contributed by atoms with Gasteiger partial charge in [0.15, 0.2) is 0 Å². The Labute approximate surface area is 153 Å². The number of carbonyl (C=O) groups excluding carboxylic acids is 2. The summed E-state index contributed by atoms with van der Waals surface area (Å²) >= 11 is 1.55. The van der Waals surface area contributed by atoms with E-state index in [9.17, 15) is 9.59 Å². The molecule has 1 N–H and O–H groups in total. The summed E-state index contributed by atoms with van der Waals surface area (Å²) in [5.41, 5.74) is 1.67. The van der Waals surface area contributed by atoms with Crippen molar-refractivity contribution in [2.75, 3.05) is 18.5 Å². The molecular weight excluding hydrogens is 336 g/mol. The molecule has 6 heteroatoms. The molecule has 0 bridgehead atoms. The number of ether oxygens (including phenoxy) is 1. The van der Waals surface area contributed by atoms with Gasteiger partial charge in [-0.15, -0.1) is 11.3 Å². The molecule has 0 saturated heterocycles. The van der Waals surface area contributed by atoms with Gasteiger partial charge < -0.3 is 10.1 Å². The van der Waals surface area contributed by atoms with E-state index in [2.05, 4.69) is 24.1 Å². The third-order valence-electron chi connectivity index (χ3n) is 5.26. The summed E-state index contributed by atoms with van der Waals surface area (Å²) in [5.74, 6) is -0.164. The van der Waals surface area contributed by atoms with E-state index >= 15 is 0 Å². The van der Waals surface area contributed by atoms with Crippen LogP contribution < -0.4 is 5.32 Å². The molecule has 3 rings (SSSR count).